The number of benzene rings is 1. The summed E-state index contributed by atoms with van der Waals surface area (Å²) >= 11 is 0. The molecule has 5 nitrogen and oxygen atoms in total. The van der Waals surface area contributed by atoms with Crippen molar-refractivity contribution in [3.05, 3.63) is 30.3 Å². The lowest BCUT2D eigenvalue weighted by atomic mass is 10.0. The van der Waals surface area contributed by atoms with Crippen molar-refractivity contribution >= 4 is 5.91 Å². The average molecular weight is 345 g/mol. The molecule has 2 aliphatic heterocycles. The summed E-state index contributed by atoms with van der Waals surface area (Å²) in [7, 11) is 0. The lowest BCUT2D eigenvalue weighted by Gasteiger charge is -2.30. The first kappa shape index (κ1) is 18.2. The zero-order chi connectivity index (χ0) is 17.6. The predicted molar refractivity (Wildman–Crippen MR) is 99.8 cm³/mol. The van der Waals surface area contributed by atoms with Crippen LogP contribution in [0.1, 0.15) is 20.3 Å². The Labute approximate surface area is 151 Å². The molecule has 1 aromatic rings. The van der Waals surface area contributed by atoms with Crippen LogP contribution >= 0.6 is 0 Å². The third-order valence-electron chi connectivity index (χ3n) is 5.51. The summed E-state index contributed by atoms with van der Waals surface area (Å²) in [4.78, 5) is 18.7. The largest absolute Gasteiger partial charge is 0.492 e. The topological polar surface area (TPSA) is 36.0 Å². The Morgan fingerprint density at radius 2 is 1.92 bits per heavy atom. The van der Waals surface area contributed by atoms with E-state index in [0.29, 0.717) is 12.0 Å². The highest BCUT2D eigenvalue weighted by molar-refractivity contribution is 5.73. The number of ether oxygens (including phenoxy) is 1. The Morgan fingerprint density at radius 1 is 1.12 bits per heavy atom. The van der Waals surface area contributed by atoms with Crippen LogP contribution in [0.15, 0.2) is 30.3 Å². The van der Waals surface area contributed by atoms with Crippen molar-refractivity contribution in [2.45, 2.75) is 26.3 Å². The first-order valence-electron chi connectivity index (χ1n) is 9.53. The molecule has 0 saturated carbocycles. The van der Waals surface area contributed by atoms with E-state index < -0.39 is 0 Å². The number of amides is 1. The van der Waals surface area contributed by atoms with Crippen molar-refractivity contribution in [3.63, 3.8) is 0 Å². The second kappa shape index (κ2) is 8.68. The molecular formula is C20H31N3O2. The quantitative estimate of drug-likeness (QED) is 0.817. The first-order chi connectivity index (χ1) is 12.1. The SMILES string of the molecule is CC(=O)N1CCCN([C@@H]2CN(CCOc3ccccc3)C[C@@H]2C)CC1. The molecule has 1 amide bonds. The monoisotopic (exact) mass is 345 g/mol. The molecule has 0 spiro atoms. The fraction of sp³-hybridized carbons (Fsp3) is 0.650. The molecular weight excluding hydrogens is 314 g/mol. The number of hydrogen-bond acceptors (Lipinski definition) is 4. The molecule has 5 heteroatoms. The van der Waals surface area contributed by atoms with Crippen molar-refractivity contribution in [1.29, 1.82) is 0 Å². The first-order valence-corrected chi connectivity index (χ1v) is 9.53. The van der Waals surface area contributed by atoms with Crippen molar-refractivity contribution in [2.75, 3.05) is 52.4 Å². The van der Waals surface area contributed by atoms with Gasteiger partial charge in [0.2, 0.25) is 5.91 Å². The minimum atomic E-state index is 0.209. The van der Waals surface area contributed by atoms with E-state index in [1.54, 1.807) is 6.92 Å². The number of carbonyl (C=O) groups is 1. The standard InChI is InChI=1S/C20H31N3O2/c1-17-15-21(13-14-25-19-7-4-3-5-8-19)16-20(17)23-10-6-9-22(11-12-23)18(2)24/h3-5,7-8,17,20H,6,9-16H2,1-2H3/t17-,20+/m0/s1. The second-order valence-electron chi connectivity index (χ2n) is 7.36. The molecule has 2 heterocycles. The molecule has 138 valence electrons. The van der Waals surface area contributed by atoms with E-state index >= 15 is 0 Å². The molecule has 0 bridgehead atoms. The van der Waals surface area contributed by atoms with Crippen molar-refractivity contribution < 1.29 is 9.53 Å². The Morgan fingerprint density at radius 3 is 2.68 bits per heavy atom. The van der Waals surface area contributed by atoms with Gasteiger partial charge in [0.05, 0.1) is 0 Å². The molecule has 2 saturated heterocycles. The van der Waals surface area contributed by atoms with Crippen LogP contribution in [-0.4, -0.2) is 79.1 Å². The predicted octanol–water partition coefficient (Wildman–Crippen LogP) is 1.94. The van der Waals surface area contributed by atoms with Crippen LogP contribution in [0.3, 0.4) is 0 Å². The second-order valence-corrected chi connectivity index (χ2v) is 7.36. The van der Waals surface area contributed by atoms with Gasteiger partial charge < -0.3 is 9.64 Å². The van der Waals surface area contributed by atoms with Gasteiger partial charge in [-0.1, -0.05) is 25.1 Å². The molecule has 25 heavy (non-hydrogen) atoms. The maximum atomic E-state index is 11.6. The Bertz CT molecular complexity index is 551. The summed E-state index contributed by atoms with van der Waals surface area (Å²) in [6.07, 6.45) is 1.08. The van der Waals surface area contributed by atoms with Gasteiger partial charge in [-0.2, -0.15) is 0 Å². The van der Waals surface area contributed by atoms with Gasteiger partial charge in [-0.25, -0.2) is 0 Å². The van der Waals surface area contributed by atoms with Crippen LogP contribution in [-0.2, 0) is 4.79 Å². The van der Waals surface area contributed by atoms with E-state index in [-0.39, 0.29) is 5.91 Å². The molecule has 2 aliphatic rings. The summed E-state index contributed by atoms with van der Waals surface area (Å²) in [5, 5.41) is 0. The number of likely N-dealkylation sites (tertiary alicyclic amines) is 1. The third kappa shape index (κ3) is 4.95. The highest BCUT2D eigenvalue weighted by Crippen LogP contribution is 2.23. The average Bonchev–Trinajstić information content (AvgIpc) is 2.82. The van der Waals surface area contributed by atoms with Gasteiger partial charge in [-0.3, -0.25) is 14.6 Å². The Balaban J connectivity index is 1.45. The van der Waals surface area contributed by atoms with Crippen LogP contribution in [0.5, 0.6) is 5.75 Å². The van der Waals surface area contributed by atoms with Crippen molar-refractivity contribution in [1.82, 2.24) is 14.7 Å². The van der Waals surface area contributed by atoms with Gasteiger partial charge in [0.15, 0.2) is 0 Å². The van der Waals surface area contributed by atoms with Gasteiger partial charge in [0.1, 0.15) is 12.4 Å². The lowest BCUT2D eigenvalue weighted by Crippen LogP contribution is -2.43. The Kier molecular flexibility index (Phi) is 6.32. The smallest absolute Gasteiger partial charge is 0.219 e. The molecule has 0 radical (unpaired) electrons. The lowest BCUT2D eigenvalue weighted by molar-refractivity contribution is -0.128. The van der Waals surface area contributed by atoms with Crippen LogP contribution in [0, 0.1) is 5.92 Å². The van der Waals surface area contributed by atoms with E-state index in [0.717, 1.165) is 64.6 Å². The molecule has 3 rings (SSSR count). The summed E-state index contributed by atoms with van der Waals surface area (Å²) in [6, 6.07) is 10.6. The molecule has 0 aromatic heterocycles. The van der Waals surface area contributed by atoms with Gasteiger partial charge in [-0.05, 0) is 24.5 Å². The van der Waals surface area contributed by atoms with Gasteiger partial charge >= 0.3 is 0 Å². The number of rotatable bonds is 5. The summed E-state index contributed by atoms with van der Waals surface area (Å²) in [5.41, 5.74) is 0. The van der Waals surface area contributed by atoms with E-state index in [2.05, 4.69) is 16.7 Å². The minimum absolute atomic E-state index is 0.209. The summed E-state index contributed by atoms with van der Waals surface area (Å²) in [6.45, 7) is 11.9. The van der Waals surface area contributed by atoms with Crippen LogP contribution in [0.2, 0.25) is 0 Å². The summed E-state index contributed by atoms with van der Waals surface area (Å²) in [5.74, 6) is 1.82. The fourth-order valence-electron chi connectivity index (χ4n) is 4.10. The number of carbonyl (C=O) groups excluding carboxylic acids is 1. The highest BCUT2D eigenvalue weighted by Gasteiger charge is 2.34. The highest BCUT2D eigenvalue weighted by atomic mass is 16.5. The fourth-order valence-corrected chi connectivity index (χ4v) is 4.10. The van der Waals surface area contributed by atoms with Crippen molar-refractivity contribution in [2.24, 2.45) is 5.92 Å². The van der Waals surface area contributed by atoms with E-state index in [9.17, 15) is 4.79 Å². The normalized spacial score (nSPS) is 25.8. The van der Waals surface area contributed by atoms with Gasteiger partial charge in [0.25, 0.3) is 0 Å². The third-order valence-corrected chi connectivity index (χ3v) is 5.51. The minimum Gasteiger partial charge on any atom is -0.492 e. The van der Waals surface area contributed by atoms with Gasteiger partial charge in [0, 0.05) is 58.8 Å². The zero-order valence-corrected chi connectivity index (χ0v) is 15.6. The summed E-state index contributed by atoms with van der Waals surface area (Å²) < 4.78 is 5.84. The molecule has 2 atom stereocenters. The van der Waals surface area contributed by atoms with E-state index in [4.69, 9.17) is 4.74 Å². The molecule has 2 fully saturated rings. The van der Waals surface area contributed by atoms with Gasteiger partial charge in [-0.15, -0.1) is 0 Å². The molecule has 0 N–H and O–H groups in total. The maximum absolute atomic E-state index is 11.6. The number of hydrogen-bond donors (Lipinski definition) is 0. The molecule has 0 unspecified atom stereocenters. The van der Waals surface area contributed by atoms with Crippen LogP contribution < -0.4 is 4.74 Å². The van der Waals surface area contributed by atoms with E-state index in [1.165, 1.54) is 0 Å². The van der Waals surface area contributed by atoms with Crippen LogP contribution in [0.4, 0.5) is 0 Å². The molecule has 0 aliphatic carbocycles. The van der Waals surface area contributed by atoms with E-state index in [1.807, 2.05) is 35.2 Å². The maximum Gasteiger partial charge on any atom is 0.219 e. The van der Waals surface area contributed by atoms with Crippen LogP contribution in [0.25, 0.3) is 0 Å². The Hall–Kier alpha value is -1.59. The number of para-hydroxylation sites is 1. The molecule has 1 aromatic carbocycles. The number of nitrogens with zero attached hydrogens (tertiary/aromatic N) is 3. The zero-order valence-electron chi connectivity index (χ0n) is 15.6. The van der Waals surface area contributed by atoms with Crippen molar-refractivity contribution in [3.8, 4) is 5.75 Å².